The molecule has 0 aliphatic rings. The summed E-state index contributed by atoms with van der Waals surface area (Å²) in [5.74, 6) is -0.962. The largest absolute Gasteiger partial charge is 0.456 e. The van der Waals surface area contributed by atoms with Gasteiger partial charge in [-0.2, -0.15) is 0 Å². The van der Waals surface area contributed by atoms with E-state index in [4.69, 9.17) is 4.74 Å². The lowest BCUT2D eigenvalue weighted by Gasteiger charge is -2.14. The summed E-state index contributed by atoms with van der Waals surface area (Å²) in [6.45, 7) is 1.43. The Kier molecular flexibility index (Phi) is 4.45. The van der Waals surface area contributed by atoms with Crippen molar-refractivity contribution in [2.75, 3.05) is 0 Å². The van der Waals surface area contributed by atoms with Crippen molar-refractivity contribution in [3.8, 4) is 0 Å². The maximum absolute atomic E-state index is 13.0. The molecule has 0 fully saturated rings. The van der Waals surface area contributed by atoms with Crippen LogP contribution in [0.3, 0.4) is 0 Å². The molecule has 2 heterocycles. The van der Waals surface area contributed by atoms with Gasteiger partial charge in [0.05, 0.1) is 6.33 Å². The van der Waals surface area contributed by atoms with Gasteiger partial charge in [0.1, 0.15) is 18.5 Å². The van der Waals surface area contributed by atoms with Crippen molar-refractivity contribution >= 4 is 17.1 Å². The monoisotopic (exact) mass is 360 g/mol. The fourth-order valence-corrected chi connectivity index (χ4v) is 2.69. The number of fused-ring (bicyclic) bond motifs is 1. The van der Waals surface area contributed by atoms with Crippen LogP contribution in [-0.4, -0.2) is 24.7 Å². The molecule has 1 atom stereocenters. The van der Waals surface area contributed by atoms with Crippen molar-refractivity contribution in [3.63, 3.8) is 0 Å². The molecule has 3 aromatic rings. The first-order valence-corrected chi connectivity index (χ1v) is 7.85. The number of carbonyl (C=O) groups excluding carboxylic acids is 1. The van der Waals surface area contributed by atoms with E-state index in [-0.39, 0.29) is 23.5 Å². The molecule has 3 rings (SSSR count). The molecule has 0 N–H and O–H groups in total. The molecule has 9 heteroatoms. The van der Waals surface area contributed by atoms with Gasteiger partial charge in [-0.1, -0.05) is 12.1 Å². The lowest BCUT2D eigenvalue weighted by molar-refractivity contribution is -0.149. The van der Waals surface area contributed by atoms with Gasteiger partial charge >= 0.3 is 11.7 Å². The van der Waals surface area contributed by atoms with Crippen molar-refractivity contribution in [2.24, 2.45) is 14.1 Å². The molecule has 1 unspecified atom stereocenters. The summed E-state index contributed by atoms with van der Waals surface area (Å²) in [6.07, 6.45) is 0.736. The Labute approximate surface area is 147 Å². The third-order valence-electron chi connectivity index (χ3n) is 4.16. The highest BCUT2D eigenvalue weighted by Crippen LogP contribution is 2.17. The van der Waals surface area contributed by atoms with Crippen molar-refractivity contribution < 1.29 is 13.9 Å². The fourth-order valence-electron chi connectivity index (χ4n) is 2.69. The first kappa shape index (κ1) is 17.6. The molecular formula is C17H17FN4O4. The van der Waals surface area contributed by atoms with Crippen LogP contribution < -0.4 is 11.2 Å². The Balaban J connectivity index is 1.85. The molecule has 0 amide bonds. The highest BCUT2D eigenvalue weighted by atomic mass is 19.1. The number of hydrogen-bond donors (Lipinski definition) is 0. The molecule has 2 aromatic heterocycles. The lowest BCUT2D eigenvalue weighted by atomic mass is 10.1. The van der Waals surface area contributed by atoms with Crippen LogP contribution in [0.4, 0.5) is 4.39 Å². The molecule has 0 spiro atoms. The topological polar surface area (TPSA) is 88.1 Å². The molecule has 136 valence electrons. The molecule has 0 bridgehead atoms. The third-order valence-corrected chi connectivity index (χ3v) is 4.16. The molecule has 8 nitrogen and oxygen atoms in total. The normalized spacial score (nSPS) is 12.3. The van der Waals surface area contributed by atoms with Gasteiger partial charge in [-0.25, -0.2) is 14.2 Å². The number of carbonyl (C=O) groups is 1. The molecule has 0 aliphatic carbocycles. The fraction of sp³-hybridized carbons (Fsp3) is 0.294. The maximum atomic E-state index is 13.0. The van der Waals surface area contributed by atoms with Gasteiger partial charge in [-0.3, -0.25) is 18.7 Å². The molecule has 0 aliphatic heterocycles. The van der Waals surface area contributed by atoms with Gasteiger partial charge in [0.2, 0.25) is 0 Å². The van der Waals surface area contributed by atoms with E-state index in [1.54, 1.807) is 6.92 Å². The second-order valence-corrected chi connectivity index (χ2v) is 5.93. The summed E-state index contributed by atoms with van der Waals surface area (Å²) < 4.78 is 21.8. The molecular weight excluding hydrogens is 343 g/mol. The molecule has 26 heavy (non-hydrogen) atoms. The average molecular weight is 360 g/mol. The van der Waals surface area contributed by atoms with E-state index in [2.05, 4.69) is 4.98 Å². The van der Waals surface area contributed by atoms with Crippen molar-refractivity contribution in [1.82, 2.24) is 18.7 Å². The van der Waals surface area contributed by atoms with Crippen LogP contribution in [0.25, 0.3) is 11.2 Å². The van der Waals surface area contributed by atoms with Gasteiger partial charge in [0.25, 0.3) is 5.56 Å². The molecule has 0 saturated heterocycles. The van der Waals surface area contributed by atoms with Gasteiger partial charge in [-0.05, 0) is 24.6 Å². The summed E-state index contributed by atoms with van der Waals surface area (Å²) in [4.78, 5) is 40.5. The zero-order valence-corrected chi connectivity index (χ0v) is 14.5. The maximum Gasteiger partial charge on any atom is 0.332 e. The number of nitrogens with zero attached hydrogens (tertiary/aromatic N) is 4. The van der Waals surface area contributed by atoms with Crippen LogP contribution in [0.2, 0.25) is 0 Å². The van der Waals surface area contributed by atoms with E-state index in [1.165, 1.54) is 53.8 Å². The quantitative estimate of drug-likeness (QED) is 0.645. The average Bonchev–Trinajstić information content (AvgIpc) is 3.02. The van der Waals surface area contributed by atoms with Crippen molar-refractivity contribution in [1.29, 1.82) is 0 Å². The number of benzene rings is 1. The third kappa shape index (κ3) is 3.03. The van der Waals surface area contributed by atoms with E-state index >= 15 is 0 Å². The Morgan fingerprint density at radius 3 is 2.50 bits per heavy atom. The molecule has 0 radical (unpaired) electrons. The minimum atomic E-state index is -0.586. The van der Waals surface area contributed by atoms with Crippen LogP contribution in [0.5, 0.6) is 0 Å². The molecule has 1 aromatic carbocycles. The number of ether oxygens (including phenoxy) is 1. The van der Waals surface area contributed by atoms with Crippen molar-refractivity contribution in [2.45, 2.75) is 19.6 Å². The summed E-state index contributed by atoms with van der Waals surface area (Å²) in [6, 6.07) is 5.64. The number of aromatic nitrogens is 4. The Morgan fingerprint density at radius 1 is 1.19 bits per heavy atom. The minimum absolute atomic E-state index is 0.140. The van der Waals surface area contributed by atoms with Crippen LogP contribution in [-0.2, 0) is 30.2 Å². The van der Waals surface area contributed by atoms with Crippen molar-refractivity contribution in [3.05, 3.63) is 62.8 Å². The van der Waals surface area contributed by atoms with Gasteiger partial charge < -0.3 is 9.30 Å². The second-order valence-electron chi connectivity index (χ2n) is 5.93. The Bertz CT molecular complexity index is 1090. The smallest absolute Gasteiger partial charge is 0.332 e. The lowest BCUT2D eigenvalue weighted by Crippen LogP contribution is -2.37. The standard InChI is InChI=1S/C17H17FN4O4/c1-10(11-4-6-12(18)7-5-11)26-13(23)8-22-9-19-15-14(22)16(24)21(3)17(25)20(15)2/h4-7,9-10H,8H2,1-3H3. The summed E-state index contributed by atoms with van der Waals surface area (Å²) in [7, 11) is 2.85. The van der Waals surface area contributed by atoms with E-state index in [9.17, 15) is 18.8 Å². The zero-order chi connectivity index (χ0) is 19.0. The summed E-state index contributed by atoms with van der Waals surface area (Å²) in [5.41, 5.74) is -0.0627. The summed E-state index contributed by atoms with van der Waals surface area (Å²) >= 11 is 0. The molecule has 0 saturated carbocycles. The van der Waals surface area contributed by atoms with Crippen LogP contribution in [0.15, 0.2) is 40.2 Å². The predicted octanol–water partition coefficient (Wildman–Crippen LogP) is 0.877. The van der Waals surface area contributed by atoms with Crippen LogP contribution >= 0.6 is 0 Å². The van der Waals surface area contributed by atoms with Gasteiger partial charge in [0.15, 0.2) is 11.2 Å². The first-order valence-electron chi connectivity index (χ1n) is 7.85. The van der Waals surface area contributed by atoms with Gasteiger partial charge in [0, 0.05) is 14.1 Å². The van der Waals surface area contributed by atoms with Crippen LogP contribution in [0, 0.1) is 5.82 Å². The number of halogens is 1. The Hall–Kier alpha value is -3.23. The SMILES string of the molecule is CC(OC(=O)Cn1cnc2c1c(=O)n(C)c(=O)n2C)c1ccc(F)cc1. The van der Waals surface area contributed by atoms with E-state index in [0.717, 1.165) is 4.57 Å². The van der Waals surface area contributed by atoms with E-state index in [1.807, 2.05) is 0 Å². The summed E-state index contributed by atoms with van der Waals surface area (Å²) in [5, 5.41) is 0. The van der Waals surface area contributed by atoms with Gasteiger partial charge in [-0.15, -0.1) is 0 Å². The number of hydrogen-bond acceptors (Lipinski definition) is 5. The Morgan fingerprint density at radius 2 is 1.85 bits per heavy atom. The zero-order valence-electron chi connectivity index (χ0n) is 14.5. The number of aryl methyl sites for hydroxylation is 1. The number of imidazole rings is 1. The number of esters is 1. The second kappa shape index (κ2) is 6.58. The highest BCUT2D eigenvalue weighted by Gasteiger charge is 2.18. The predicted molar refractivity (Wildman–Crippen MR) is 91.1 cm³/mol. The van der Waals surface area contributed by atoms with Crippen LogP contribution in [0.1, 0.15) is 18.6 Å². The number of rotatable bonds is 4. The van der Waals surface area contributed by atoms with E-state index in [0.29, 0.717) is 5.56 Å². The first-order chi connectivity index (χ1) is 12.3. The highest BCUT2D eigenvalue weighted by molar-refractivity contribution is 5.75. The minimum Gasteiger partial charge on any atom is -0.456 e. The van der Waals surface area contributed by atoms with E-state index < -0.39 is 23.3 Å².